The standard InChI is InChI=1S/C25H25FN4O3S/c1-4-33-18-7-8-20(26)21(13-18)30-17(10-15(2)3)12-23(29-30)28-24-19(25(31)32)11-16(14-27-24)22-6-5-9-34-22/h5-9,11-15H,4,10H2,1-3H3,(H,31,32)(H,27,28,29). The molecule has 4 aromatic rings. The Labute approximate surface area is 200 Å². The number of halogens is 1. The topological polar surface area (TPSA) is 89.3 Å². The second-order valence-electron chi connectivity index (χ2n) is 8.10. The largest absolute Gasteiger partial charge is 0.494 e. The highest BCUT2D eigenvalue weighted by Gasteiger charge is 2.19. The van der Waals surface area contributed by atoms with E-state index in [2.05, 4.69) is 29.2 Å². The van der Waals surface area contributed by atoms with E-state index in [0.29, 0.717) is 30.5 Å². The number of nitrogens with one attached hydrogen (secondary N) is 1. The zero-order chi connectivity index (χ0) is 24.2. The zero-order valence-corrected chi connectivity index (χ0v) is 19.9. The van der Waals surface area contributed by atoms with Crippen molar-refractivity contribution in [3.8, 4) is 21.9 Å². The SMILES string of the molecule is CCOc1ccc(F)c(-n2nc(Nc3ncc(-c4cccs4)cc3C(=O)O)cc2CC(C)C)c1. The van der Waals surface area contributed by atoms with E-state index in [9.17, 15) is 14.3 Å². The van der Waals surface area contributed by atoms with E-state index >= 15 is 0 Å². The van der Waals surface area contributed by atoms with Gasteiger partial charge in [-0.1, -0.05) is 19.9 Å². The van der Waals surface area contributed by atoms with Crippen molar-refractivity contribution in [3.05, 3.63) is 71.1 Å². The molecule has 0 atom stereocenters. The molecule has 4 rings (SSSR count). The lowest BCUT2D eigenvalue weighted by atomic mass is 10.1. The van der Waals surface area contributed by atoms with E-state index in [-0.39, 0.29) is 17.1 Å². The van der Waals surface area contributed by atoms with Gasteiger partial charge in [0, 0.05) is 34.5 Å². The van der Waals surface area contributed by atoms with Gasteiger partial charge in [0.15, 0.2) is 5.82 Å². The van der Waals surface area contributed by atoms with Crippen LogP contribution in [-0.4, -0.2) is 32.4 Å². The second-order valence-corrected chi connectivity index (χ2v) is 9.05. The first-order valence-electron chi connectivity index (χ1n) is 10.9. The highest BCUT2D eigenvalue weighted by molar-refractivity contribution is 7.13. The van der Waals surface area contributed by atoms with Crippen LogP contribution in [0, 0.1) is 11.7 Å². The van der Waals surface area contributed by atoms with Gasteiger partial charge in [-0.15, -0.1) is 16.4 Å². The van der Waals surface area contributed by atoms with Gasteiger partial charge in [-0.2, -0.15) is 0 Å². The number of aromatic nitrogens is 3. The molecule has 0 aliphatic carbocycles. The first-order chi connectivity index (χ1) is 16.4. The quantitative estimate of drug-likeness (QED) is 0.298. The van der Waals surface area contributed by atoms with Gasteiger partial charge in [-0.25, -0.2) is 18.9 Å². The van der Waals surface area contributed by atoms with Crippen molar-refractivity contribution in [1.29, 1.82) is 0 Å². The molecule has 0 aliphatic rings. The molecule has 3 heterocycles. The summed E-state index contributed by atoms with van der Waals surface area (Å²) < 4.78 is 21.8. The Bertz CT molecular complexity index is 1300. The zero-order valence-electron chi connectivity index (χ0n) is 19.1. The summed E-state index contributed by atoms with van der Waals surface area (Å²) in [5.74, 6) is -0.177. The Balaban J connectivity index is 1.73. The maximum atomic E-state index is 14.8. The third-order valence-electron chi connectivity index (χ3n) is 5.03. The van der Waals surface area contributed by atoms with Gasteiger partial charge in [0.2, 0.25) is 0 Å². The van der Waals surface area contributed by atoms with Crippen molar-refractivity contribution in [1.82, 2.24) is 14.8 Å². The van der Waals surface area contributed by atoms with Crippen LogP contribution in [-0.2, 0) is 6.42 Å². The fraction of sp³-hybridized carbons (Fsp3) is 0.240. The van der Waals surface area contributed by atoms with Gasteiger partial charge in [-0.3, -0.25) is 0 Å². The van der Waals surface area contributed by atoms with Gasteiger partial charge >= 0.3 is 5.97 Å². The van der Waals surface area contributed by atoms with Gasteiger partial charge in [-0.05, 0) is 48.9 Å². The molecular formula is C25H25FN4O3S. The number of anilines is 2. The molecule has 0 saturated heterocycles. The van der Waals surface area contributed by atoms with E-state index in [1.54, 1.807) is 30.5 Å². The summed E-state index contributed by atoms with van der Waals surface area (Å²) >= 11 is 1.51. The predicted molar refractivity (Wildman–Crippen MR) is 131 cm³/mol. The van der Waals surface area contributed by atoms with E-state index in [4.69, 9.17) is 4.74 Å². The van der Waals surface area contributed by atoms with Crippen LogP contribution in [0.3, 0.4) is 0 Å². The third-order valence-corrected chi connectivity index (χ3v) is 5.95. The summed E-state index contributed by atoms with van der Waals surface area (Å²) in [6.07, 6.45) is 2.27. The molecule has 1 aromatic carbocycles. The van der Waals surface area contributed by atoms with E-state index < -0.39 is 11.8 Å². The number of hydrogen-bond donors (Lipinski definition) is 2. The lowest BCUT2D eigenvalue weighted by molar-refractivity contribution is 0.0697. The van der Waals surface area contributed by atoms with E-state index in [1.165, 1.54) is 22.1 Å². The molecule has 2 N–H and O–H groups in total. The van der Waals surface area contributed by atoms with Crippen LogP contribution in [0.2, 0.25) is 0 Å². The number of carboxylic acid groups (broad SMARTS) is 1. The molecule has 0 saturated carbocycles. The van der Waals surface area contributed by atoms with Crippen molar-refractivity contribution < 1.29 is 19.0 Å². The Hall–Kier alpha value is -3.72. The molecule has 0 bridgehead atoms. The Morgan fingerprint density at radius 3 is 2.76 bits per heavy atom. The maximum Gasteiger partial charge on any atom is 0.339 e. The highest BCUT2D eigenvalue weighted by Crippen LogP contribution is 2.30. The van der Waals surface area contributed by atoms with Gasteiger partial charge in [0.25, 0.3) is 0 Å². The minimum absolute atomic E-state index is 0.0235. The lowest BCUT2D eigenvalue weighted by Gasteiger charge is -2.12. The van der Waals surface area contributed by atoms with Crippen molar-refractivity contribution in [2.45, 2.75) is 27.2 Å². The fourth-order valence-corrected chi connectivity index (χ4v) is 4.30. The van der Waals surface area contributed by atoms with Crippen LogP contribution in [0.1, 0.15) is 36.8 Å². The van der Waals surface area contributed by atoms with Gasteiger partial charge in [0.05, 0.1) is 6.61 Å². The molecule has 9 heteroatoms. The molecule has 0 radical (unpaired) electrons. The van der Waals surface area contributed by atoms with Crippen LogP contribution in [0.15, 0.2) is 54.0 Å². The summed E-state index contributed by atoms with van der Waals surface area (Å²) in [4.78, 5) is 17.2. The number of carboxylic acids is 1. The number of benzene rings is 1. The van der Waals surface area contributed by atoms with Crippen molar-refractivity contribution in [3.63, 3.8) is 0 Å². The fourth-order valence-electron chi connectivity index (χ4n) is 3.59. The summed E-state index contributed by atoms with van der Waals surface area (Å²) in [5, 5.41) is 19.3. The molecule has 7 nitrogen and oxygen atoms in total. The highest BCUT2D eigenvalue weighted by atomic mass is 32.1. The van der Waals surface area contributed by atoms with Crippen molar-refractivity contribution in [2.24, 2.45) is 5.92 Å². The lowest BCUT2D eigenvalue weighted by Crippen LogP contribution is -2.08. The molecule has 3 aromatic heterocycles. The smallest absolute Gasteiger partial charge is 0.339 e. The van der Waals surface area contributed by atoms with Crippen LogP contribution < -0.4 is 10.1 Å². The summed E-state index contributed by atoms with van der Waals surface area (Å²) in [6.45, 7) is 6.44. The van der Waals surface area contributed by atoms with Crippen LogP contribution in [0.5, 0.6) is 5.75 Å². The Morgan fingerprint density at radius 2 is 2.09 bits per heavy atom. The van der Waals surface area contributed by atoms with E-state index in [0.717, 1.165) is 16.1 Å². The normalized spacial score (nSPS) is 11.1. The Kier molecular flexibility index (Phi) is 6.93. The first-order valence-corrected chi connectivity index (χ1v) is 11.8. The van der Waals surface area contributed by atoms with Crippen molar-refractivity contribution >= 4 is 28.9 Å². The first kappa shape index (κ1) is 23.4. The summed E-state index contributed by atoms with van der Waals surface area (Å²) in [6, 6.07) is 11.7. The molecular weight excluding hydrogens is 455 g/mol. The summed E-state index contributed by atoms with van der Waals surface area (Å²) in [5.41, 5.74) is 1.78. The molecule has 0 amide bonds. The number of thiophene rings is 1. The number of aromatic carboxylic acids is 1. The average molecular weight is 481 g/mol. The van der Waals surface area contributed by atoms with Crippen molar-refractivity contribution in [2.75, 3.05) is 11.9 Å². The molecule has 0 spiro atoms. The monoisotopic (exact) mass is 480 g/mol. The van der Waals surface area contributed by atoms with Gasteiger partial charge in [0.1, 0.15) is 28.6 Å². The molecule has 176 valence electrons. The number of rotatable bonds is 9. The van der Waals surface area contributed by atoms with Gasteiger partial charge < -0.3 is 15.2 Å². The van der Waals surface area contributed by atoms with Crippen LogP contribution in [0.4, 0.5) is 16.0 Å². The van der Waals surface area contributed by atoms with Crippen LogP contribution >= 0.6 is 11.3 Å². The number of hydrogen-bond acceptors (Lipinski definition) is 6. The van der Waals surface area contributed by atoms with Crippen LogP contribution in [0.25, 0.3) is 16.1 Å². The van der Waals surface area contributed by atoms with E-state index in [1.807, 2.05) is 24.4 Å². The third kappa shape index (κ3) is 5.09. The minimum Gasteiger partial charge on any atom is -0.494 e. The molecule has 0 fully saturated rings. The minimum atomic E-state index is -1.11. The maximum absolute atomic E-state index is 14.8. The number of pyridine rings is 1. The molecule has 0 unspecified atom stereocenters. The summed E-state index contributed by atoms with van der Waals surface area (Å²) in [7, 11) is 0. The second kappa shape index (κ2) is 10.0. The number of nitrogens with zero attached hydrogens (tertiary/aromatic N) is 3. The Morgan fingerprint density at radius 1 is 1.26 bits per heavy atom. The average Bonchev–Trinajstić information content (AvgIpc) is 3.45. The number of ether oxygens (including phenoxy) is 1. The predicted octanol–water partition coefficient (Wildman–Crippen LogP) is 6.17. The molecule has 34 heavy (non-hydrogen) atoms. The molecule has 0 aliphatic heterocycles. The number of carbonyl (C=O) groups is 1.